The molecule has 1 aliphatic carbocycles. The van der Waals surface area contributed by atoms with Crippen molar-refractivity contribution in [3.05, 3.63) is 35.4 Å². The minimum atomic E-state index is -1.01. The topological polar surface area (TPSA) is 91.1 Å². The zero-order valence-corrected chi connectivity index (χ0v) is 13.3. The van der Waals surface area contributed by atoms with Gasteiger partial charge in [-0.15, -0.1) is 5.10 Å². The number of amides is 1. The van der Waals surface area contributed by atoms with Crippen LogP contribution in [0.1, 0.15) is 42.7 Å². The molecule has 7 heteroatoms. The van der Waals surface area contributed by atoms with Gasteiger partial charge in [0.1, 0.15) is 5.25 Å². The maximum absolute atomic E-state index is 11.6. The predicted octanol–water partition coefficient (Wildman–Crippen LogP) is 2.35. The van der Waals surface area contributed by atoms with Gasteiger partial charge in [0.25, 0.3) is 0 Å². The third-order valence-electron chi connectivity index (χ3n) is 4.00. The molecule has 0 aromatic heterocycles. The summed E-state index contributed by atoms with van der Waals surface area (Å²) < 4.78 is 0. The Bertz CT molecular complexity index is 666. The fraction of sp³-hybridized carbons (Fsp3) is 0.375. The van der Waals surface area contributed by atoms with E-state index in [9.17, 15) is 9.59 Å². The zero-order chi connectivity index (χ0) is 16.2. The largest absolute Gasteiger partial charge is 0.481 e. The lowest BCUT2D eigenvalue weighted by molar-refractivity contribution is -0.138. The molecule has 6 nitrogen and oxygen atoms in total. The molecule has 2 N–H and O–H groups in total. The number of carboxylic acid groups (broad SMARTS) is 1. The highest BCUT2D eigenvalue weighted by Gasteiger charge is 2.32. The van der Waals surface area contributed by atoms with E-state index in [4.69, 9.17) is 5.11 Å². The van der Waals surface area contributed by atoms with Crippen LogP contribution in [0.4, 0.5) is 0 Å². The van der Waals surface area contributed by atoms with E-state index in [2.05, 4.69) is 27.7 Å². The van der Waals surface area contributed by atoms with Crippen LogP contribution in [0.25, 0.3) is 0 Å². The number of thioether (sulfide) groups is 1. The monoisotopic (exact) mass is 331 g/mol. The van der Waals surface area contributed by atoms with Crippen molar-refractivity contribution >= 4 is 35.0 Å². The van der Waals surface area contributed by atoms with E-state index in [1.54, 1.807) is 6.21 Å². The molecule has 1 atom stereocenters. The minimum absolute atomic E-state index is 0.220. The van der Waals surface area contributed by atoms with Crippen LogP contribution in [-0.4, -0.2) is 33.6 Å². The maximum Gasteiger partial charge on any atom is 0.305 e. The summed E-state index contributed by atoms with van der Waals surface area (Å²) in [4.78, 5) is 22.2. The van der Waals surface area contributed by atoms with Gasteiger partial charge in [0.15, 0.2) is 5.17 Å². The van der Waals surface area contributed by atoms with E-state index in [0.717, 1.165) is 17.3 Å². The van der Waals surface area contributed by atoms with Gasteiger partial charge in [-0.05, 0) is 29.9 Å². The molecule has 1 saturated heterocycles. The summed E-state index contributed by atoms with van der Waals surface area (Å²) in [5.74, 6) is -0.636. The number of hydrogen-bond acceptors (Lipinski definition) is 5. The number of rotatable bonds is 5. The van der Waals surface area contributed by atoms with Crippen molar-refractivity contribution in [2.24, 2.45) is 10.2 Å². The number of carbonyl (C=O) groups excluding carboxylic acids is 1. The first-order valence-electron chi connectivity index (χ1n) is 7.52. The molecular weight excluding hydrogens is 314 g/mol. The summed E-state index contributed by atoms with van der Waals surface area (Å²) in [6.45, 7) is 0. The second kappa shape index (κ2) is 6.95. The molecule has 1 aromatic carbocycles. The van der Waals surface area contributed by atoms with Crippen LogP contribution in [0, 0.1) is 0 Å². The van der Waals surface area contributed by atoms with Crippen LogP contribution in [-0.2, 0) is 9.59 Å². The molecule has 1 aliphatic heterocycles. The molecule has 1 heterocycles. The van der Waals surface area contributed by atoms with Crippen molar-refractivity contribution in [3.8, 4) is 0 Å². The number of nitrogens with zero attached hydrogens (tertiary/aromatic N) is 2. The minimum Gasteiger partial charge on any atom is -0.481 e. The third kappa shape index (κ3) is 3.98. The van der Waals surface area contributed by atoms with E-state index in [1.165, 1.54) is 24.8 Å². The van der Waals surface area contributed by atoms with Gasteiger partial charge in [0.2, 0.25) is 5.91 Å². The second-order valence-corrected chi connectivity index (χ2v) is 6.83. The molecule has 0 spiro atoms. The second-order valence-electron chi connectivity index (χ2n) is 5.64. The number of benzene rings is 1. The lowest BCUT2D eigenvalue weighted by Gasteiger charge is -2.25. The molecule has 0 bridgehead atoms. The Morgan fingerprint density at radius 2 is 2.09 bits per heavy atom. The van der Waals surface area contributed by atoms with Gasteiger partial charge in [-0.3, -0.25) is 9.59 Å². The first-order valence-corrected chi connectivity index (χ1v) is 8.40. The molecule has 120 valence electrons. The summed E-state index contributed by atoms with van der Waals surface area (Å²) in [6.07, 6.45) is 5.26. The summed E-state index contributed by atoms with van der Waals surface area (Å²) in [6, 6.07) is 8.25. The molecule has 1 saturated carbocycles. The average molecular weight is 331 g/mol. The van der Waals surface area contributed by atoms with Crippen LogP contribution in [0.3, 0.4) is 0 Å². The van der Waals surface area contributed by atoms with E-state index in [0.29, 0.717) is 11.1 Å². The van der Waals surface area contributed by atoms with Gasteiger partial charge in [-0.2, -0.15) is 5.10 Å². The molecule has 2 aliphatic rings. The van der Waals surface area contributed by atoms with Gasteiger partial charge in [-0.1, -0.05) is 42.4 Å². The van der Waals surface area contributed by atoms with Gasteiger partial charge in [0, 0.05) is 0 Å². The molecular formula is C16H17N3O3S. The average Bonchev–Trinajstić information content (AvgIpc) is 2.78. The van der Waals surface area contributed by atoms with Gasteiger partial charge < -0.3 is 10.4 Å². The Morgan fingerprint density at radius 1 is 1.35 bits per heavy atom. The van der Waals surface area contributed by atoms with Gasteiger partial charge >= 0.3 is 5.97 Å². The number of hydrogen-bond donors (Lipinski definition) is 2. The highest BCUT2D eigenvalue weighted by molar-refractivity contribution is 8.15. The van der Waals surface area contributed by atoms with E-state index < -0.39 is 11.2 Å². The Morgan fingerprint density at radius 3 is 2.70 bits per heavy atom. The number of aliphatic carboxylic acids is 1. The summed E-state index contributed by atoms with van der Waals surface area (Å²) >= 11 is 1.09. The Hall–Kier alpha value is -2.15. The first-order chi connectivity index (χ1) is 11.1. The first kappa shape index (κ1) is 15.7. The van der Waals surface area contributed by atoms with Crippen molar-refractivity contribution in [2.75, 3.05) is 0 Å². The summed E-state index contributed by atoms with van der Waals surface area (Å²) in [5.41, 5.74) is 2.31. The van der Waals surface area contributed by atoms with Crippen molar-refractivity contribution in [1.29, 1.82) is 0 Å². The van der Waals surface area contributed by atoms with Crippen LogP contribution >= 0.6 is 11.8 Å². The van der Waals surface area contributed by atoms with Crippen molar-refractivity contribution in [2.45, 2.75) is 36.9 Å². The molecule has 3 rings (SSSR count). The smallest absolute Gasteiger partial charge is 0.305 e. The third-order valence-corrected chi connectivity index (χ3v) is 5.08. The van der Waals surface area contributed by atoms with Crippen LogP contribution in [0.5, 0.6) is 0 Å². The zero-order valence-electron chi connectivity index (χ0n) is 12.4. The lowest BCUT2D eigenvalue weighted by atomic mass is 9.80. The Kier molecular flexibility index (Phi) is 4.76. The fourth-order valence-electron chi connectivity index (χ4n) is 2.49. The molecule has 1 unspecified atom stereocenters. The summed E-state index contributed by atoms with van der Waals surface area (Å²) in [5, 5.41) is 18.9. The summed E-state index contributed by atoms with van der Waals surface area (Å²) in [7, 11) is 0. The Labute approximate surface area is 138 Å². The van der Waals surface area contributed by atoms with E-state index in [1.807, 2.05) is 12.1 Å². The molecule has 2 fully saturated rings. The highest BCUT2D eigenvalue weighted by atomic mass is 32.2. The van der Waals surface area contributed by atoms with E-state index >= 15 is 0 Å². The highest BCUT2D eigenvalue weighted by Crippen LogP contribution is 2.36. The van der Waals surface area contributed by atoms with Crippen molar-refractivity contribution in [3.63, 3.8) is 0 Å². The molecule has 23 heavy (non-hydrogen) atoms. The lowest BCUT2D eigenvalue weighted by Crippen LogP contribution is -2.26. The number of carbonyl (C=O) groups is 2. The maximum atomic E-state index is 11.6. The number of carboxylic acids is 1. The van der Waals surface area contributed by atoms with Crippen LogP contribution in [0.2, 0.25) is 0 Å². The number of amidine groups is 1. The van der Waals surface area contributed by atoms with Gasteiger partial charge in [-0.25, -0.2) is 0 Å². The Balaban J connectivity index is 1.57. The fourth-order valence-corrected chi connectivity index (χ4v) is 3.40. The molecule has 1 amide bonds. The quantitative estimate of drug-likeness (QED) is 0.640. The van der Waals surface area contributed by atoms with Crippen LogP contribution in [0.15, 0.2) is 34.5 Å². The molecule has 1 aromatic rings. The van der Waals surface area contributed by atoms with Crippen molar-refractivity contribution in [1.82, 2.24) is 5.32 Å². The van der Waals surface area contributed by atoms with E-state index in [-0.39, 0.29) is 12.3 Å². The normalized spacial score (nSPS) is 23.2. The molecule has 0 radical (unpaired) electrons. The predicted molar refractivity (Wildman–Crippen MR) is 89.8 cm³/mol. The van der Waals surface area contributed by atoms with Gasteiger partial charge in [0.05, 0.1) is 12.6 Å². The SMILES string of the molecule is O=C(O)CC1S/C(=N/N=C/c2ccc(C3CCC3)cc2)NC1=O. The number of nitrogens with one attached hydrogen (secondary N) is 1. The van der Waals surface area contributed by atoms with Crippen molar-refractivity contribution < 1.29 is 14.7 Å². The van der Waals surface area contributed by atoms with Crippen LogP contribution < -0.4 is 5.32 Å². The standard InChI is InChI=1S/C16H17N3O3S/c20-14(21)8-13-15(22)18-16(23-13)19-17-9-10-4-6-12(7-5-10)11-2-1-3-11/h4-7,9,11,13H,1-3,8H2,(H,20,21)(H,18,19,22)/b17-9+.